The van der Waals surface area contributed by atoms with Crippen LogP contribution in [0.25, 0.3) is 0 Å². The fourth-order valence-corrected chi connectivity index (χ4v) is 3.43. The first-order valence-electron chi connectivity index (χ1n) is 10.8. The summed E-state index contributed by atoms with van der Waals surface area (Å²) in [4.78, 5) is 21.2. The van der Waals surface area contributed by atoms with Crippen molar-refractivity contribution < 1.29 is 9.53 Å². The second-order valence-corrected chi connectivity index (χ2v) is 7.79. The van der Waals surface area contributed by atoms with Crippen LogP contribution in [0.2, 0.25) is 5.15 Å². The lowest BCUT2D eigenvalue weighted by Gasteiger charge is -2.12. The lowest BCUT2D eigenvalue weighted by Crippen LogP contribution is -2.38. The van der Waals surface area contributed by atoms with Crippen molar-refractivity contribution in [1.82, 2.24) is 20.9 Å². The molecule has 32 heavy (non-hydrogen) atoms. The summed E-state index contributed by atoms with van der Waals surface area (Å²) in [6.07, 6.45) is 4.80. The molecular formula is C23H31ClIN5O2. The number of aliphatic imine (C=N–C) groups is 1. The van der Waals surface area contributed by atoms with Crippen LogP contribution in [0.5, 0.6) is 0 Å². The van der Waals surface area contributed by atoms with E-state index in [9.17, 15) is 4.79 Å². The number of carbonyl (C=O) groups excluding carboxylic acids is 1. The molecule has 3 rings (SSSR count). The molecule has 1 amide bonds. The number of rotatable bonds is 9. The van der Waals surface area contributed by atoms with Gasteiger partial charge in [0, 0.05) is 38.0 Å². The van der Waals surface area contributed by atoms with E-state index >= 15 is 0 Å². The number of pyridine rings is 1. The minimum absolute atomic E-state index is 0. The van der Waals surface area contributed by atoms with Gasteiger partial charge in [-0.2, -0.15) is 0 Å². The Labute approximate surface area is 211 Å². The first-order chi connectivity index (χ1) is 15.1. The van der Waals surface area contributed by atoms with Gasteiger partial charge in [0.1, 0.15) is 5.15 Å². The van der Waals surface area contributed by atoms with E-state index in [4.69, 9.17) is 16.3 Å². The van der Waals surface area contributed by atoms with E-state index in [0.717, 1.165) is 56.0 Å². The first kappa shape index (κ1) is 26.3. The average molecular weight is 572 g/mol. The number of amides is 1. The standard InChI is InChI=1S/C23H30ClN5O2.HI/c1-2-25-23(26-11-10-17-8-9-21(24)27-14-17)29-15-18-5-3-6-19(13-18)22(30)28-16-20-7-4-12-31-20;/h3,5-6,8-9,13-14,20H,2,4,7,10-12,15-16H2,1H3,(H,28,30)(H2,25,26,29);1H. The normalized spacial score (nSPS) is 15.7. The molecule has 1 unspecified atom stereocenters. The zero-order chi connectivity index (χ0) is 21.9. The van der Waals surface area contributed by atoms with E-state index in [1.807, 2.05) is 37.3 Å². The van der Waals surface area contributed by atoms with Gasteiger partial charge in [0.25, 0.3) is 5.91 Å². The number of carbonyl (C=O) groups is 1. The topological polar surface area (TPSA) is 87.6 Å². The molecule has 0 radical (unpaired) electrons. The van der Waals surface area contributed by atoms with E-state index in [0.29, 0.717) is 23.8 Å². The highest BCUT2D eigenvalue weighted by Crippen LogP contribution is 2.12. The summed E-state index contributed by atoms with van der Waals surface area (Å²) < 4.78 is 5.56. The second kappa shape index (κ2) is 14.3. The fraction of sp³-hybridized carbons (Fsp3) is 0.435. The molecule has 0 aliphatic carbocycles. The van der Waals surface area contributed by atoms with Crippen molar-refractivity contribution in [2.75, 3.05) is 26.2 Å². The Morgan fingerprint density at radius 1 is 1.22 bits per heavy atom. The summed E-state index contributed by atoms with van der Waals surface area (Å²) in [5, 5.41) is 10.0. The molecule has 1 atom stereocenters. The van der Waals surface area contributed by atoms with E-state index in [1.54, 1.807) is 12.3 Å². The number of nitrogens with zero attached hydrogens (tertiary/aromatic N) is 2. The Bertz CT molecular complexity index is 873. The smallest absolute Gasteiger partial charge is 0.251 e. The lowest BCUT2D eigenvalue weighted by atomic mass is 10.1. The van der Waals surface area contributed by atoms with Gasteiger partial charge in [-0.25, -0.2) is 9.98 Å². The zero-order valence-corrected chi connectivity index (χ0v) is 21.4. The molecule has 1 aromatic carbocycles. The van der Waals surface area contributed by atoms with Crippen LogP contribution in [0.1, 0.15) is 41.3 Å². The van der Waals surface area contributed by atoms with Crippen LogP contribution in [-0.2, 0) is 17.7 Å². The number of guanidine groups is 1. The van der Waals surface area contributed by atoms with Gasteiger partial charge in [0.05, 0.1) is 12.6 Å². The van der Waals surface area contributed by atoms with E-state index in [2.05, 4.69) is 25.9 Å². The van der Waals surface area contributed by atoms with Crippen LogP contribution in [0.3, 0.4) is 0 Å². The van der Waals surface area contributed by atoms with Crippen molar-refractivity contribution in [3.63, 3.8) is 0 Å². The minimum atomic E-state index is -0.0806. The maximum atomic E-state index is 12.5. The number of aromatic nitrogens is 1. The van der Waals surface area contributed by atoms with Gasteiger partial charge in [-0.3, -0.25) is 4.79 Å². The van der Waals surface area contributed by atoms with Crippen LogP contribution in [0, 0.1) is 0 Å². The second-order valence-electron chi connectivity index (χ2n) is 7.41. The average Bonchev–Trinajstić information content (AvgIpc) is 3.31. The number of halogens is 2. The Morgan fingerprint density at radius 3 is 2.81 bits per heavy atom. The monoisotopic (exact) mass is 571 g/mol. The zero-order valence-electron chi connectivity index (χ0n) is 18.3. The molecule has 0 spiro atoms. The number of hydrogen-bond donors (Lipinski definition) is 3. The van der Waals surface area contributed by atoms with Gasteiger partial charge in [-0.05, 0) is 55.5 Å². The van der Waals surface area contributed by atoms with E-state index < -0.39 is 0 Å². The maximum Gasteiger partial charge on any atom is 0.251 e. The lowest BCUT2D eigenvalue weighted by molar-refractivity contribution is 0.0857. The summed E-state index contributed by atoms with van der Waals surface area (Å²) in [6, 6.07) is 11.3. The molecule has 1 fully saturated rings. The highest BCUT2D eigenvalue weighted by atomic mass is 127. The third-order valence-electron chi connectivity index (χ3n) is 4.96. The third kappa shape index (κ3) is 8.91. The predicted octanol–water partition coefficient (Wildman–Crippen LogP) is 3.56. The van der Waals surface area contributed by atoms with E-state index in [1.165, 1.54) is 0 Å². The van der Waals surface area contributed by atoms with Crippen molar-refractivity contribution in [3.05, 3.63) is 64.4 Å². The highest BCUT2D eigenvalue weighted by Gasteiger charge is 2.16. The molecule has 1 aliphatic heterocycles. The molecule has 7 nitrogen and oxygen atoms in total. The van der Waals surface area contributed by atoms with Gasteiger partial charge < -0.3 is 20.7 Å². The SMILES string of the molecule is CCNC(=NCc1cccc(C(=O)NCC2CCCO2)c1)NCCc1ccc(Cl)nc1.I. The summed E-state index contributed by atoms with van der Waals surface area (Å²) in [6.45, 7) is 5.33. The van der Waals surface area contributed by atoms with Crippen LogP contribution in [-0.4, -0.2) is 49.2 Å². The molecule has 174 valence electrons. The molecule has 1 aromatic heterocycles. The maximum absolute atomic E-state index is 12.5. The van der Waals surface area contributed by atoms with Crippen molar-refractivity contribution in [3.8, 4) is 0 Å². The molecule has 1 aliphatic rings. The molecule has 1 saturated heterocycles. The van der Waals surface area contributed by atoms with Crippen molar-refractivity contribution in [2.45, 2.75) is 38.8 Å². The third-order valence-corrected chi connectivity index (χ3v) is 5.19. The van der Waals surface area contributed by atoms with Crippen LogP contribution < -0.4 is 16.0 Å². The molecule has 2 aromatic rings. The molecule has 2 heterocycles. The summed E-state index contributed by atoms with van der Waals surface area (Å²) >= 11 is 5.83. The Kier molecular flexibility index (Phi) is 11.8. The summed E-state index contributed by atoms with van der Waals surface area (Å²) in [5.41, 5.74) is 2.72. The van der Waals surface area contributed by atoms with Crippen LogP contribution in [0.4, 0.5) is 0 Å². The number of ether oxygens (including phenoxy) is 1. The molecule has 3 N–H and O–H groups in total. The van der Waals surface area contributed by atoms with Gasteiger partial charge in [-0.1, -0.05) is 29.8 Å². The van der Waals surface area contributed by atoms with Gasteiger partial charge in [0.2, 0.25) is 0 Å². The predicted molar refractivity (Wildman–Crippen MR) is 139 cm³/mol. The Morgan fingerprint density at radius 2 is 2.09 bits per heavy atom. The van der Waals surface area contributed by atoms with Gasteiger partial charge >= 0.3 is 0 Å². The quantitative estimate of drug-likeness (QED) is 0.185. The molecule has 0 saturated carbocycles. The Hall–Kier alpha value is -1.91. The fourth-order valence-electron chi connectivity index (χ4n) is 3.32. The molecular weight excluding hydrogens is 541 g/mol. The number of benzene rings is 1. The summed E-state index contributed by atoms with van der Waals surface area (Å²) in [5.74, 6) is 0.653. The van der Waals surface area contributed by atoms with Crippen LogP contribution in [0.15, 0.2) is 47.6 Å². The van der Waals surface area contributed by atoms with Crippen molar-refractivity contribution >= 4 is 47.4 Å². The van der Waals surface area contributed by atoms with Gasteiger partial charge in [0.15, 0.2) is 5.96 Å². The highest BCUT2D eigenvalue weighted by molar-refractivity contribution is 14.0. The number of hydrogen-bond acceptors (Lipinski definition) is 4. The van der Waals surface area contributed by atoms with E-state index in [-0.39, 0.29) is 36.0 Å². The summed E-state index contributed by atoms with van der Waals surface area (Å²) in [7, 11) is 0. The minimum Gasteiger partial charge on any atom is -0.376 e. The van der Waals surface area contributed by atoms with Crippen molar-refractivity contribution in [1.29, 1.82) is 0 Å². The molecule has 9 heteroatoms. The largest absolute Gasteiger partial charge is 0.376 e. The Balaban J connectivity index is 0.00000363. The van der Waals surface area contributed by atoms with Gasteiger partial charge in [-0.15, -0.1) is 24.0 Å². The first-order valence-corrected chi connectivity index (χ1v) is 11.1. The van der Waals surface area contributed by atoms with Crippen molar-refractivity contribution in [2.24, 2.45) is 4.99 Å². The van der Waals surface area contributed by atoms with Crippen LogP contribution >= 0.6 is 35.6 Å². The number of nitrogens with one attached hydrogen (secondary N) is 3. The molecule has 0 bridgehead atoms.